The molecule has 0 saturated heterocycles. The van der Waals surface area contributed by atoms with Gasteiger partial charge in [-0.1, -0.05) is 28.1 Å². The topological polar surface area (TPSA) is 43.4 Å². The van der Waals surface area contributed by atoms with Crippen LogP contribution in [0.25, 0.3) is 0 Å². The third kappa shape index (κ3) is 2.49. The van der Waals surface area contributed by atoms with Gasteiger partial charge in [-0.05, 0) is 30.5 Å². The fraction of sp³-hybridized carbons (Fsp3) is 0.368. The average Bonchev–Trinajstić information content (AvgIpc) is 2.54. The summed E-state index contributed by atoms with van der Waals surface area (Å²) in [6, 6.07) is 7.93. The predicted octanol–water partition coefficient (Wildman–Crippen LogP) is 4.58. The summed E-state index contributed by atoms with van der Waals surface area (Å²) in [6.07, 6.45) is 4.35. The van der Waals surface area contributed by atoms with Crippen LogP contribution >= 0.6 is 15.9 Å². The number of Topliss-reactive ketones (excluding diaryl/α,β-unsaturated/α-hetero) is 2. The quantitative estimate of drug-likeness (QED) is 0.724. The van der Waals surface area contributed by atoms with E-state index in [9.17, 15) is 9.59 Å². The summed E-state index contributed by atoms with van der Waals surface area (Å²) in [5.74, 6) is 1.60. The van der Waals surface area contributed by atoms with Crippen LogP contribution in [-0.2, 0) is 14.3 Å². The summed E-state index contributed by atoms with van der Waals surface area (Å²) in [5.41, 5.74) is 2.43. The Morgan fingerprint density at radius 3 is 1.87 bits per heavy atom. The van der Waals surface area contributed by atoms with Gasteiger partial charge in [-0.2, -0.15) is 0 Å². The van der Waals surface area contributed by atoms with Crippen molar-refractivity contribution in [2.75, 3.05) is 0 Å². The Morgan fingerprint density at radius 1 is 0.826 bits per heavy atom. The molecule has 3 aliphatic rings. The van der Waals surface area contributed by atoms with Crippen LogP contribution in [0, 0.1) is 0 Å². The highest BCUT2D eigenvalue weighted by atomic mass is 79.9. The lowest BCUT2D eigenvalue weighted by Gasteiger charge is -2.35. The highest BCUT2D eigenvalue weighted by Crippen LogP contribution is 2.47. The van der Waals surface area contributed by atoms with E-state index in [0.717, 1.165) is 47.2 Å². The number of carbonyl (C=O) groups excluding carboxylic acids is 2. The molecule has 1 heterocycles. The molecule has 118 valence electrons. The number of halogens is 1. The van der Waals surface area contributed by atoms with E-state index in [1.165, 1.54) is 0 Å². The van der Waals surface area contributed by atoms with Crippen LogP contribution in [0.4, 0.5) is 0 Å². The zero-order chi connectivity index (χ0) is 16.0. The Bertz CT molecular complexity index is 713. The first-order chi connectivity index (χ1) is 11.1. The van der Waals surface area contributed by atoms with Crippen molar-refractivity contribution in [3.8, 4) is 0 Å². The van der Waals surface area contributed by atoms with Crippen molar-refractivity contribution < 1.29 is 14.3 Å². The maximum absolute atomic E-state index is 12.6. The number of carbonyl (C=O) groups is 2. The van der Waals surface area contributed by atoms with E-state index in [1.54, 1.807) is 0 Å². The number of ether oxygens (including phenoxy) is 1. The molecular formula is C19H17BrO3. The van der Waals surface area contributed by atoms with Crippen LogP contribution in [-0.4, -0.2) is 11.6 Å². The molecule has 0 amide bonds. The van der Waals surface area contributed by atoms with E-state index >= 15 is 0 Å². The van der Waals surface area contributed by atoms with Gasteiger partial charge in [0.1, 0.15) is 11.5 Å². The standard InChI is InChI=1S/C19H17BrO3/c20-12-9-7-11(8-10-12)17-18-13(21)3-1-5-15(18)23-16-6-2-4-14(22)19(16)17/h7-10,17H,1-6H2. The van der Waals surface area contributed by atoms with Gasteiger partial charge in [0, 0.05) is 47.2 Å². The second-order valence-electron chi connectivity index (χ2n) is 6.31. The molecule has 0 spiro atoms. The van der Waals surface area contributed by atoms with Crippen molar-refractivity contribution >= 4 is 27.5 Å². The first kappa shape index (κ1) is 14.9. The minimum Gasteiger partial charge on any atom is -0.465 e. The lowest BCUT2D eigenvalue weighted by atomic mass is 9.73. The van der Waals surface area contributed by atoms with Gasteiger partial charge >= 0.3 is 0 Å². The summed E-state index contributed by atoms with van der Waals surface area (Å²) >= 11 is 3.45. The summed E-state index contributed by atoms with van der Waals surface area (Å²) in [7, 11) is 0. The van der Waals surface area contributed by atoms with Gasteiger partial charge in [0.05, 0.1) is 0 Å². The monoisotopic (exact) mass is 372 g/mol. The molecule has 0 unspecified atom stereocenters. The molecule has 0 bridgehead atoms. The van der Waals surface area contributed by atoms with Crippen LogP contribution in [0.2, 0.25) is 0 Å². The molecule has 3 nitrogen and oxygen atoms in total. The number of benzene rings is 1. The largest absolute Gasteiger partial charge is 0.465 e. The zero-order valence-corrected chi connectivity index (χ0v) is 14.3. The molecule has 1 aromatic rings. The van der Waals surface area contributed by atoms with E-state index in [0.29, 0.717) is 24.0 Å². The average molecular weight is 373 g/mol. The molecule has 0 radical (unpaired) electrons. The molecule has 0 saturated carbocycles. The lowest BCUT2D eigenvalue weighted by molar-refractivity contribution is -0.117. The normalized spacial score (nSPS) is 22.0. The first-order valence-electron chi connectivity index (χ1n) is 8.11. The van der Waals surface area contributed by atoms with Crippen molar-refractivity contribution in [3.05, 3.63) is 57.0 Å². The molecule has 0 atom stereocenters. The van der Waals surface area contributed by atoms with Crippen molar-refractivity contribution in [2.45, 2.75) is 44.4 Å². The Hall–Kier alpha value is -1.68. The molecule has 4 rings (SSSR count). The van der Waals surface area contributed by atoms with Crippen molar-refractivity contribution in [2.24, 2.45) is 0 Å². The van der Waals surface area contributed by atoms with Crippen LogP contribution in [0.5, 0.6) is 0 Å². The Morgan fingerprint density at radius 2 is 1.35 bits per heavy atom. The van der Waals surface area contributed by atoms with Gasteiger partial charge in [0.15, 0.2) is 11.6 Å². The van der Waals surface area contributed by atoms with Crippen LogP contribution in [0.3, 0.4) is 0 Å². The highest BCUT2D eigenvalue weighted by Gasteiger charge is 2.41. The molecule has 0 fully saturated rings. The molecule has 2 aliphatic carbocycles. The van der Waals surface area contributed by atoms with Gasteiger partial charge in [-0.25, -0.2) is 0 Å². The molecule has 1 aliphatic heterocycles. The Kier molecular flexibility index (Phi) is 3.72. The number of rotatable bonds is 1. The third-order valence-electron chi connectivity index (χ3n) is 4.84. The molecule has 1 aromatic carbocycles. The fourth-order valence-electron chi connectivity index (χ4n) is 3.81. The molecule has 0 N–H and O–H groups in total. The van der Waals surface area contributed by atoms with E-state index in [2.05, 4.69) is 15.9 Å². The maximum Gasteiger partial charge on any atom is 0.163 e. The first-order valence-corrected chi connectivity index (χ1v) is 8.90. The van der Waals surface area contributed by atoms with Crippen molar-refractivity contribution in [3.63, 3.8) is 0 Å². The predicted molar refractivity (Wildman–Crippen MR) is 89.7 cm³/mol. The Balaban J connectivity index is 1.90. The number of allylic oxidation sites excluding steroid dienone is 4. The number of hydrogen-bond acceptors (Lipinski definition) is 3. The van der Waals surface area contributed by atoms with Crippen LogP contribution < -0.4 is 0 Å². The third-order valence-corrected chi connectivity index (χ3v) is 5.37. The van der Waals surface area contributed by atoms with Crippen LogP contribution in [0.15, 0.2) is 51.4 Å². The summed E-state index contributed by atoms with van der Waals surface area (Å²) in [6.45, 7) is 0. The maximum atomic E-state index is 12.6. The zero-order valence-electron chi connectivity index (χ0n) is 12.7. The highest BCUT2D eigenvalue weighted by molar-refractivity contribution is 9.10. The number of ketones is 2. The minimum atomic E-state index is -0.248. The smallest absolute Gasteiger partial charge is 0.163 e. The lowest BCUT2D eigenvalue weighted by Crippen LogP contribution is -2.30. The molecule has 0 aromatic heterocycles. The van der Waals surface area contributed by atoms with Crippen molar-refractivity contribution in [1.82, 2.24) is 0 Å². The van der Waals surface area contributed by atoms with Gasteiger partial charge in [0.2, 0.25) is 0 Å². The van der Waals surface area contributed by atoms with Gasteiger partial charge < -0.3 is 4.74 Å². The van der Waals surface area contributed by atoms with E-state index in [-0.39, 0.29) is 17.5 Å². The molecule has 4 heteroatoms. The van der Waals surface area contributed by atoms with E-state index < -0.39 is 0 Å². The molecule has 23 heavy (non-hydrogen) atoms. The summed E-state index contributed by atoms with van der Waals surface area (Å²) in [4.78, 5) is 25.2. The SMILES string of the molecule is O=C1CCCC2=C1C(c1ccc(Br)cc1)C1=C(CCCC1=O)O2. The second kappa shape index (κ2) is 5.75. The van der Waals surface area contributed by atoms with Crippen molar-refractivity contribution in [1.29, 1.82) is 0 Å². The van der Waals surface area contributed by atoms with Gasteiger partial charge in [-0.15, -0.1) is 0 Å². The van der Waals surface area contributed by atoms with Crippen LogP contribution in [0.1, 0.15) is 50.0 Å². The van der Waals surface area contributed by atoms with Gasteiger partial charge in [0.25, 0.3) is 0 Å². The molecular weight excluding hydrogens is 356 g/mol. The minimum absolute atomic E-state index is 0.129. The van der Waals surface area contributed by atoms with Gasteiger partial charge in [-0.3, -0.25) is 9.59 Å². The second-order valence-corrected chi connectivity index (χ2v) is 7.23. The number of hydrogen-bond donors (Lipinski definition) is 0. The van der Waals surface area contributed by atoms with E-state index in [1.807, 2.05) is 24.3 Å². The fourth-order valence-corrected chi connectivity index (χ4v) is 4.07. The summed E-state index contributed by atoms with van der Waals surface area (Å²) in [5, 5.41) is 0. The van der Waals surface area contributed by atoms with E-state index in [4.69, 9.17) is 4.74 Å². The summed E-state index contributed by atoms with van der Waals surface area (Å²) < 4.78 is 7.01. The Labute approximate surface area is 143 Å².